The summed E-state index contributed by atoms with van der Waals surface area (Å²) in [6.07, 6.45) is 0.0817. The van der Waals surface area contributed by atoms with E-state index in [0.717, 1.165) is 16.6 Å². The lowest BCUT2D eigenvalue weighted by Gasteiger charge is -2.08. The lowest BCUT2D eigenvalue weighted by molar-refractivity contribution is -0.142. The van der Waals surface area contributed by atoms with Crippen molar-refractivity contribution in [1.29, 1.82) is 0 Å². The number of hydrogen-bond donors (Lipinski definition) is 1. The van der Waals surface area contributed by atoms with Crippen LogP contribution in [0.4, 0.5) is 5.13 Å². The number of fused-ring (bicyclic) bond motifs is 1. The fourth-order valence-corrected chi connectivity index (χ4v) is 3.73. The zero-order valence-corrected chi connectivity index (χ0v) is 18.2. The number of carbonyl (C=O) groups excluding carboxylic acids is 2. The number of rotatable bonds is 8. The zero-order valence-electron chi connectivity index (χ0n) is 17.4. The molecule has 1 N–H and O–H groups in total. The third kappa shape index (κ3) is 5.47. The van der Waals surface area contributed by atoms with Gasteiger partial charge in [-0.25, -0.2) is 9.97 Å². The second-order valence-corrected chi connectivity index (χ2v) is 7.75. The molecule has 0 bridgehead atoms. The monoisotopic (exact) mass is 447 g/mol. The Kier molecular flexibility index (Phi) is 6.72. The van der Waals surface area contributed by atoms with Crippen molar-refractivity contribution in [3.05, 3.63) is 83.0 Å². The maximum atomic E-state index is 12.5. The van der Waals surface area contributed by atoms with Gasteiger partial charge in [-0.1, -0.05) is 24.3 Å². The van der Waals surface area contributed by atoms with Gasteiger partial charge in [0.05, 0.1) is 29.9 Å². The second-order valence-electron chi connectivity index (χ2n) is 6.89. The van der Waals surface area contributed by atoms with Crippen molar-refractivity contribution in [3.63, 3.8) is 0 Å². The van der Waals surface area contributed by atoms with Gasteiger partial charge < -0.3 is 9.47 Å². The van der Waals surface area contributed by atoms with E-state index in [2.05, 4.69) is 15.3 Å². The van der Waals surface area contributed by atoms with E-state index in [9.17, 15) is 9.59 Å². The number of carbonyl (C=O) groups is 2. The average Bonchev–Trinajstić information content (AvgIpc) is 3.24. The first kappa shape index (κ1) is 21.5. The van der Waals surface area contributed by atoms with Crippen LogP contribution in [0.15, 0.2) is 66.0 Å². The Morgan fingerprint density at radius 1 is 0.969 bits per heavy atom. The minimum absolute atomic E-state index is 0.0817. The Bertz CT molecular complexity index is 1240. The van der Waals surface area contributed by atoms with Gasteiger partial charge in [-0.15, -0.1) is 11.3 Å². The molecule has 0 aliphatic heterocycles. The van der Waals surface area contributed by atoms with Crippen LogP contribution in [0.3, 0.4) is 0 Å². The lowest BCUT2D eigenvalue weighted by Crippen LogP contribution is -2.12. The molecule has 0 spiro atoms. The number of hydrogen-bond acceptors (Lipinski definition) is 7. The molecule has 1 amide bonds. The first-order valence-electron chi connectivity index (χ1n) is 10.1. The molecule has 2 aromatic heterocycles. The molecular formula is C24H21N3O4S. The number of ether oxygens (including phenoxy) is 2. The predicted octanol–water partition coefficient (Wildman–Crippen LogP) is 4.63. The molecule has 162 valence electrons. The van der Waals surface area contributed by atoms with Crippen LogP contribution in [0.25, 0.3) is 10.9 Å². The third-order valence-electron chi connectivity index (χ3n) is 4.56. The van der Waals surface area contributed by atoms with Gasteiger partial charge in [-0.3, -0.25) is 14.9 Å². The summed E-state index contributed by atoms with van der Waals surface area (Å²) in [5, 5.41) is 5.98. The Morgan fingerprint density at radius 3 is 2.59 bits per heavy atom. The first-order chi connectivity index (χ1) is 15.6. The molecule has 8 heteroatoms. The van der Waals surface area contributed by atoms with E-state index in [1.165, 1.54) is 11.3 Å². The zero-order chi connectivity index (χ0) is 22.3. The van der Waals surface area contributed by atoms with Gasteiger partial charge in [0.25, 0.3) is 5.91 Å². The van der Waals surface area contributed by atoms with Crippen LogP contribution in [0, 0.1) is 0 Å². The summed E-state index contributed by atoms with van der Waals surface area (Å²) in [5.41, 5.74) is 2.79. The Hall–Kier alpha value is -3.78. The normalized spacial score (nSPS) is 10.7. The smallest absolute Gasteiger partial charge is 0.311 e. The number of esters is 1. The van der Waals surface area contributed by atoms with Gasteiger partial charge in [0.15, 0.2) is 5.13 Å². The van der Waals surface area contributed by atoms with Gasteiger partial charge in [-0.05, 0) is 43.3 Å². The van der Waals surface area contributed by atoms with E-state index in [1.807, 2.05) is 36.4 Å². The number of amides is 1. The van der Waals surface area contributed by atoms with Crippen molar-refractivity contribution in [1.82, 2.24) is 9.97 Å². The van der Waals surface area contributed by atoms with E-state index >= 15 is 0 Å². The minimum atomic E-state index is -0.342. The van der Waals surface area contributed by atoms with Gasteiger partial charge in [0.1, 0.15) is 12.4 Å². The predicted molar refractivity (Wildman–Crippen MR) is 123 cm³/mol. The molecule has 7 nitrogen and oxygen atoms in total. The highest BCUT2D eigenvalue weighted by molar-refractivity contribution is 7.14. The van der Waals surface area contributed by atoms with E-state index in [4.69, 9.17) is 9.47 Å². The maximum Gasteiger partial charge on any atom is 0.311 e. The van der Waals surface area contributed by atoms with Crippen LogP contribution < -0.4 is 10.1 Å². The Labute approximate surface area is 189 Å². The average molecular weight is 448 g/mol. The fraction of sp³-hybridized carbons (Fsp3) is 0.167. The number of nitrogens with one attached hydrogen (secondary N) is 1. The second kappa shape index (κ2) is 10.0. The maximum absolute atomic E-state index is 12.5. The summed E-state index contributed by atoms with van der Waals surface area (Å²) in [6.45, 7) is 2.41. The lowest BCUT2D eigenvalue weighted by atomic mass is 10.2. The SMILES string of the molecule is CCOC(=O)Cc1csc(NC(=O)c2ccc(OCc3ccc4ccccc4n3)cc2)n1. The summed E-state index contributed by atoms with van der Waals surface area (Å²) in [4.78, 5) is 32.9. The summed E-state index contributed by atoms with van der Waals surface area (Å²) < 4.78 is 10.7. The molecule has 32 heavy (non-hydrogen) atoms. The number of aromatic nitrogens is 2. The van der Waals surface area contributed by atoms with Crippen LogP contribution in [0.2, 0.25) is 0 Å². The molecule has 0 fully saturated rings. The van der Waals surface area contributed by atoms with E-state index in [1.54, 1.807) is 36.6 Å². The molecular weight excluding hydrogens is 426 g/mol. The van der Waals surface area contributed by atoms with Crippen LogP contribution in [-0.2, 0) is 22.6 Å². The number of nitrogens with zero attached hydrogens (tertiary/aromatic N) is 2. The molecule has 0 unspecified atom stereocenters. The van der Waals surface area contributed by atoms with E-state index < -0.39 is 0 Å². The number of pyridine rings is 1. The number of anilines is 1. The van der Waals surface area contributed by atoms with E-state index in [-0.39, 0.29) is 18.3 Å². The molecule has 0 saturated heterocycles. The number of thiazole rings is 1. The van der Waals surface area contributed by atoms with Crippen LogP contribution >= 0.6 is 11.3 Å². The summed E-state index contributed by atoms with van der Waals surface area (Å²) in [7, 11) is 0. The van der Waals surface area contributed by atoms with Crippen LogP contribution in [0.1, 0.15) is 28.7 Å². The number of para-hydroxylation sites is 1. The van der Waals surface area contributed by atoms with Crippen molar-refractivity contribution in [2.75, 3.05) is 11.9 Å². The molecule has 0 radical (unpaired) electrons. The van der Waals surface area contributed by atoms with Gasteiger partial charge in [0, 0.05) is 16.3 Å². The third-order valence-corrected chi connectivity index (χ3v) is 5.37. The van der Waals surface area contributed by atoms with Crippen LogP contribution in [0.5, 0.6) is 5.75 Å². The molecule has 0 atom stereocenters. The van der Waals surface area contributed by atoms with Crippen molar-refractivity contribution >= 4 is 39.2 Å². The highest BCUT2D eigenvalue weighted by Crippen LogP contribution is 2.19. The molecule has 2 aromatic carbocycles. The fourth-order valence-electron chi connectivity index (χ4n) is 3.02. The molecule has 0 aliphatic carbocycles. The quantitative estimate of drug-likeness (QED) is 0.396. The molecule has 4 rings (SSSR count). The van der Waals surface area contributed by atoms with Gasteiger partial charge >= 0.3 is 5.97 Å². The highest BCUT2D eigenvalue weighted by Gasteiger charge is 2.12. The molecule has 4 aromatic rings. The van der Waals surface area contributed by atoms with Crippen molar-refractivity contribution in [2.45, 2.75) is 20.0 Å². The largest absolute Gasteiger partial charge is 0.487 e. The van der Waals surface area contributed by atoms with E-state index in [0.29, 0.717) is 35.4 Å². The van der Waals surface area contributed by atoms with Crippen LogP contribution in [-0.4, -0.2) is 28.5 Å². The molecule has 2 heterocycles. The molecule has 0 aliphatic rings. The summed E-state index contributed by atoms with van der Waals surface area (Å²) in [6, 6.07) is 18.7. The number of benzene rings is 2. The first-order valence-corrected chi connectivity index (χ1v) is 11.0. The van der Waals surface area contributed by atoms with Gasteiger partial charge in [0.2, 0.25) is 0 Å². The topological polar surface area (TPSA) is 90.4 Å². The van der Waals surface area contributed by atoms with Crippen molar-refractivity contribution in [2.24, 2.45) is 0 Å². The summed E-state index contributed by atoms with van der Waals surface area (Å²) in [5.74, 6) is 0.0115. The summed E-state index contributed by atoms with van der Waals surface area (Å²) >= 11 is 1.26. The van der Waals surface area contributed by atoms with Gasteiger partial charge in [-0.2, -0.15) is 0 Å². The standard InChI is InChI=1S/C24H21N3O4S/c1-2-30-22(28)13-19-15-32-24(26-19)27-23(29)17-8-11-20(12-9-17)31-14-18-10-7-16-5-3-4-6-21(16)25-18/h3-12,15H,2,13-14H2,1H3,(H,26,27,29). The highest BCUT2D eigenvalue weighted by atomic mass is 32.1. The minimum Gasteiger partial charge on any atom is -0.487 e. The Morgan fingerprint density at radius 2 is 1.78 bits per heavy atom. The molecule has 0 saturated carbocycles. The van der Waals surface area contributed by atoms with Crippen molar-refractivity contribution < 1.29 is 19.1 Å². The van der Waals surface area contributed by atoms with Crippen molar-refractivity contribution in [3.8, 4) is 5.75 Å². The Balaban J connectivity index is 1.32.